The highest BCUT2D eigenvalue weighted by Gasteiger charge is 2.18. The second-order valence-corrected chi connectivity index (χ2v) is 8.04. The summed E-state index contributed by atoms with van der Waals surface area (Å²) in [6.07, 6.45) is 10.5. The molecule has 0 N–H and O–H groups in total. The van der Waals surface area contributed by atoms with Gasteiger partial charge in [0.2, 0.25) is 0 Å². The lowest BCUT2D eigenvalue weighted by molar-refractivity contribution is -0.385. The standard InChI is InChI=1S/C13H18ClNO2.C9H19NO/c1-3-4-5-6-10(2)12-8-7-11(14)9-13(12)15(16)17;1-3-4-5-6-9(2)7-8-10-11/h7-10H,3-6H2,1-2H3;9H,3-8H2,1-2H3. The summed E-state index contributed by atoms with van der Waals surface area (Å²) in [6, 6.07) is 4.94. The van der Waals surface area contributed by atoms with Crippen LogP contribution in [0.1, 0.15) is 97.0 Å². The van der Waals surface area contributed by atoms with E-state index in [1.54, 1.807) is 12.1 Å². The van der Waals surface area contributed by atoms with Crippen molar-refractivity contribution < 1.29 is 4.92 Å². The summed E-state index contributed by atoms with van der Waals surface area (Å²) >= 11 is 5.79. The van der Waals surface area contributed by atoms with Crippen LogP contribution in [0.2, 0.25) is 5.02 Å². The van der Waals surface area contributed by atoms with Gasteiger partial charge in [0.15, 0.2) is 0 Å². The highest BCUT2D eigenvalue weighted by atomic mass is 35.5. The number of hydrogen-bond acceptors (Lipinski definition) is 4. The van der Waals surface area contributed by atoms with Crippen LogP contribution in [0.25, 0.3) is 0 Å². The molecule has 160 valence electrons. The van der Waals surface area contributed by atoms with E-state index in [1.165, 1.54) is 38.2 Å². The van der Waals surface area contributed by atoms with Crippen LogP contribution in [0.3, 0.4) is 0 Å². The van der Waals surface area contributed by atoms with E-state index in [4.69, 9.17) is 11.6 Å². The molecule has 28 heavy (non-hydrogen) atoms. The summed E-state index contributed by atoms with van der Waals surface area (Å²) in [4.78, 5) is 20.4. The Labute approximate surface area is 175 Å². The summed E-state index contributed by atoms with van der Waals surface area (Å²) in [5.41, 5.74) is 0.928. The van der Waals surface area contributed by atoms with E-state index < -0.39 is 0 Å². The molecule has 1 aromatic carbocycles. The van der Waals surface area contributed by atoms with Crippen LogP contribution < -0.4 is 0 Å². The molecule has 5 nitrogen and oxygen atoms in total. The van der Waals surface area contributed by atoms with E-state index in [-0.39, 0.29) is 16.5 Å². The number of hydrogen-bond donors (Lipinski definition) is 0. The van der Waals surface area contributed by atoms with Crippen molar-refractivity contribution in [1.29, 1.82) is 0 Å². The molecule has 0 spiro atoms. The largest absolute Gasteiger partial charge is 0.274 e. The van der Waals surface area contributed by atoms with Crippen molar-refractivity contribution in [2.24, 2.45) is 11.1 Å². The Morgan fingerprint density at radius 2 is 1.64 bits per heavy atom. The number of nitro groups is 1. The van der Waals surface area contributed by atoms with Gasteiger partial charge >= 0.3 is 0 Å². The molecule has 0 aromatic heterocycles. The molecule has 2 unspecified atom stereocenters. The third-order valence-electron chi connectivity index (χ3n) is 4.97. The molecule has 0 radical (unpaired) electrons. The maximum Gasteiger partial charge on any atom is 0.274 e. The smallest absolute Gasteiger partial charge is 0.258 e. The quantitative estimate of drug-likeness (QED) is 0.141. The van der Waals surface area contributed by atoms with Gasteiger partial charge in [-0.15, -0.1) is 0 Å². The highest BCUT2D eigenvalue weighted by molar-refractivity contribution is 6.30. The topological polar surface area (TPSA) is 72.6 Å². The van der Waals surface area contributed by atoms with Crippen molar-refractivity contribution in [3.8, 4) is 0 Å². The molecule has 0 saturated heterocycles. The number of nitroso groups, excluding NO2 is 1. The van der Waals surface area contributed by atoms with Crippen molar-refractivity contribution in [1.82, 2.24) is 0 Å². The third-order valence-corrected chi connectivity index (χ3v) is 5.21. The zero-order valence-electron chi connectivity index (χ0n) is 18.0. The lowest BCUT2D eigenvalue weighted by Crippen LogP contribution is -2.00. The van der Waals surface area contributed by atoms with Crippen molar-refractivity contribution in [2.75, 3.05) is 6.54 Å². The molecule has 0 bridgehead atoms. The zero-order chi connectivity index (χ0) is 21.4. The fourth-order valence-corrected chi connectivity index (χ4v) is 3.27. The molecule has 0 aliphatic carbocycles. The van der Waals surface area contributed by atoms with Gasteiger partial charge in [-0.2, -0.15) is 4.91 Å². The number of halogens is 1. The average Bonchev–Trinajstić information content (AvgIpc) is 2.67. The van der Waals surface area contributed by atoms with Crippen LogP contribution in [0.4, 0.5) is 5.69 Å². The fourth-order valence-electron chi connectivity index (χ4n) is 3.11. The maximum absolute atomic E-state index is 11.0. The molecule has 0 aliphatic heterocycles. The van der Waals surface area contributed by atoms with E-state index in [1.807, 2.05) is 6.92 Å². The van der Waals surface area contributed by atoms with Crippen molar-refractivity contribution in [2.45, 2.75) is 91.4 Å². The molecular formula is C22H37ClN2O3. The molecule has 0 amide bonds. The minimum atomic E-state index is -0.350. The Morgan fingerprint density at radius 1 is 1.04 bits per heavy atom. The highest BCUT2D eigenvalue weighted by Crippen LogP contribution is 2.32. The molecule has 2 atom stereocenters. The summed E-state index contributed by atoms with van der Waals surface area (Å²) in [5.74, 6) is 0.887. The fraction of sp³-hybridized carbons (Fsp3) is 0.727. The second-order valence-electron chi connectivity index (χ2n) is 7.60. The van der Waals surface area contributed by atoms with E-state index in [0.29, 0.717) is 17.5 Å². The minimum Gasteiger partial charge on any atom is -0.258 e. The SMILES string of the molecule is CCCCCC(C)CCN=O.CCCCCC(C)c1ccc(Cl)cc1[N+](=O)[O-]. The van der Waals surface area contributed by atoms with E-state index in [2.05, 4.69) is 25.9 Å². The molecule has 6 heteroatoms. The van der Waals surface area contributed by atoms with Gasteiger partial charge in [0.25, 0.3) is 5.69 Å². The van der Waals surface area contributed by atoms with Crippen LogP contribution in [0, 0.1) is 20.9 Å². The number of rotatable bonds is 13. The van der Waals surface area contributed by atoms with Gasteiger partial charge in [0.05, 0.1) is 11.5 Å². The Morgan fingerprint density at radius 3 is 2.18 bits per heavy atom. The lowest BCUT2D eigenvalue weighted by Gasteiger charge is -2.12. The van der Waals surface area contributed by atoms with E-state index in [9.17, 15) is 15.0 Å². The van der Waals surface area contributed by atoms with Crippen molar-refractivity contribution in [3.05, 3.63) is 43.8 Å². The molecule has 0 aliphatic rings. The van der Waals surface area contributed by atoms with Crippen LogP contribution >= 0.6 is 11.6 Å². The first-order valence-electron chi connectivity index (χ1n) is 10.6. The maximum atomic E-state index is 11.0. The van der Waals surface area contributed by atoms with Gasteiger partial charge in [-0.05, 0) is 30.7 Å². The molecule has 0 fully saturated rings. The number of nitro benzene ring substituents is 1. The van der Waals surface area contributed by atoms with Crippen LogP contribution in [0.5, 0.6) is 0 Å². The first-order valence-corrected chi connectivity index (χ1v) is 11.0. The Kier molecular flexibility index (Phi) is 15.6. The Balaban J connectivity index is 0.000000576. The van der Waals surface area contributed by atoms with Crippen LogP contribution in [-0.2, 0) is 0 Å². The van der Waals surface area contributed by atoms with Gasteiger partial charge in [0.1, 0.15) is 0 Å². The molecule has 1 rings (SSSR count). The van der Waals surface area contributed by atoms with E-state index >= 15 is 0 Å². The Hall–Kier alpha value is -1.49. The number of nitrogens with zero attached hydrogens (tertiary/aromatic N) is 2. The summed E-state index contributed by atoms with van der Waals surface area (Å²) < 4.78 is 0. The Bertz CT molecular complexity index is 567. The van der Waals surface area contributed by atoms with Gasteiger partial charge in [-0.3, -0.25) is 10.1 Å². The summed E-state index contributed by atoms with van der Waals surface area (Å²) in [6.45, 7) is 9.08. The summed E-state index contributed by atoms with van der Waals surface area (Å²) in [5, 5.41) is 14.2. The monoisotopic (exact) mass is 412 g/mol. The normalized spacial score (nSPS) is 12.6. The molecule has 1 aromatic rings. The summed E-state index contributed by atoms with van der Waals surface area (Å²) in [7, 11) is 0. The van der Waals surface area contributed by atoms with Gasteiger partial charge in [-0.25, -0.2) is 0 Å². The average molecular weight is 413 g/mol. The van der Waals surface area contributed by atoms with Gasteiger partial charge in [0, 0.05) is 16.7 Å². The number of benzene rings is 1. The predicted molar refractivity (Wildman–Crippen MR) is 119 cm³/mol. The van der Waals surface area contributed by atoms with Crippen LogP contribution in [-0.4, -0.2) is 11.5 Å². The predicted octanol–water partition coefficient (Wildman–Crippen LogP) is 8.29. The minimum absolute atomic E-state index is 0.140. The molecule has 0 heterocycles. The molecular weight excluding hydrogens is 376 g/mol. The molecule has 0 saturated carbocycles. The zero-order valence-corrected chi connectivity index (χ0v) is 18.7. The van der Waals surface area contributed by atoms with Crippen LogP contribution in [0.15, 0.2) is 23.4 Å². The van der Waals surface area contributed by atoms with Crippen molar-refractivity contribution >= 4 is 17.3 Å². The first-order chi connectivity index (χ1) is 13.4. The third kappa shape index (κ3) is 12.1. The lowest BCUT2D eigenvalue weighted by atomic mass is 9.94. The first kappa shape index (κ1) is 26.5. The van der Waals surface area contributed by atoms with Gasteiger partial charge in [-0.1, -0.05) is 95.5 Å². The van der Waals surface area contributed by atoms with Gasteiger partial charge < -0.3 is 0 Å². The van der Waals surface area contributed by atoms with Crippen molar-refractivity contribution in [3.63, 3.8) is 0 Å². The van der Waals surface area contributed by atoms with E-state index in [0.717, 1.165) is 31.2 Å². The second kappa shape index (κ2) is 16.5. The number of unbranched alkanes of at least 4 members (excludes halogenated alkanes) is 4.